The number of fused-ring (bicyclic) bond motifs is 1. The van der Waals surface area contributed by atoms with E-state index >= 15 is 4.39 Å². The second-order valence-corrected chi connectivity index (χ2v) is 9.22. The molecule has 3 fully saturated rings. The third kappa shape index (κ3) is 4.91. The van der Waals surface area contributed by atoms with Crippen molar-refractivity contribution in [3.05, 3.63) is 34.5 Å². The first-order valence-corrected chi connectivity index (χ1v) is 10.8. The van der Waals surface area contributed by atoms with Crippen LogP contribution in [0.3, 0.4) is 0 Å². The van der Waals surface area contributed by atoms with Gasteiger partial charge in [-0.25, -0.2) is 14.0 Å². The minimum absolute atomic E-state index is 0.0179. The lowest BCUT2D eigenvalue weighted by atomic mass is 10.1. The highest BCUT2D eigenvalue weighted by Gasteiger charge is 2.44. The Hall–Kier alpha value is -3.24. The molecule has 1 aromatic carbocycles. The molecule has 2 amide bonds. The Balaban J connectivity index is 1.46. The molecular weight excluding hydrogens is 435 g/mol. The molecule has 3 heterocycles. The molecule has 178 valence electrons. The van der Waals surface area contributed by atoms with Crippen molar-refractivity contribution in [2.45, 2.75) is 44.6 Å². The minimum atomic E-state index is -0.617. The van der Waals surface area contributed by atoms with Crippen molar-refractivity contribution in [1.82, 2.24) is 4.90 Å². The summed E-state index contributed by atoms with van der Waals surface area (Å²) in [5.74, 6) is -0.499. The summed E-state index contributed by atoms with van der Waals surface area (Å²) in [6.07, 6.45) is -1.84. The number of carbonyl (C=O) groups is 2. The van der Waals surface area contributed by atoms with Crippen molar-refractivity contribution >= 4 is 23.6 Å². The first-order valence-electron chi connectivity index (χ1n) is 10.8. The summed E-state index contributed by atoms with van der Waals surface area (Å²) in [5, 5.41) is 3.42. The average molecular weight is 462 g/mol. The van der Waals surface area contributed by atoms with E-state index in [1.807, 2.05) is 25.7 Å². The molecule has 3 saturated heterocycles. The van der Waals surface area contributed by atoms with Crippen molar-refractivity contribution in [1.29, 1.82) is 0 Å². The van der Waals surface area contributed by atoms with Gasteiger partial charge in [0, 0.05) is 24.5 Å². The highest BCUT2D eigenvalue weighted by molar-refractivity contribution is 5.90. The molecule has 0 spiro atoms. The number of amides is 2. The summed E-state index contributed by atoms with van der Waals surface area (Å²) in [4.78, 5) is 32.3. The number of anilines is 2. The van der Waals surface area contributed by atoms with E-state index in [1.54, 1.807) is 17.0 Å². The van der Waals surface area contributed by atoms with Gasteiger partial charge in [0.25, 0.3) is 0 Å². The summed E-state index contributed by atoms with van der Waals surface area (Å²) < 4.78 is 31.6. The summed E-state index contributed by atoms with van der Waals surface area (Å²) in [5.41, 5.74) is 8.54. The maximum absolute atomic E-state index is 15.1. The number of ether oxygens (including phenoxy) is 3. The Morgan fingerprint density at radius 2 is 2.12 bits per heavy atom. The third-order valence-electron chi connectivity index (χ3n) is 5.74. The number of halogens is 1. The number of azide groups is 1. The van der Waals surface area contributed by atoms with E-state index in [2.05, 4.69) is 10.0 Å². The number of morpholine rings is 1. The van der Waals surface area contributed by atoms with Crippen LogP contribution in [-0.4, -0.2) is 80.3 Å². The molecule has 0 radical (unpaired) electrons. The third-order valence-corrected chi connectivity index (χ3v) is 5.74. The van der Waals surface area contributed by atoms with Crippen LogP contribution in [-0.2, 0) is 14.2 Å². The predicted molar refractivity (Wildman–Crippen MR) is 117 cm³/mol. The molecule has 4 rings (SSSR count). The fourth-order valence-electron chi connectivity index (χ4n) is 4.31. The largest absolute Gasteiger partial charge is 0.444 e. The fourth-order valence-corrected chi connectivity index (χ4v) is 4.31. The molecular formula is C21H27FN6O5. The van der Waals surface area contributed by atoms with E-state index < -0.39 is 29.7 Å². The van der Waals surface area contributed by atoms with Gasteiger partial charge in [-0.3, -0.25) is 9.80 Å². The number of hydrogen-bond donors (Lipinski definition) is 0. The molecule has 12 heteroatoms. The first kappa shape index (κ1) is 22.9. The van der Waals surface area contributed by atoms with Gasteiger partial charge in [0.05, 0.1) is 43.2 Å². The van der Waals surface area contributed by atoms with E-state index in [1.165, 1.54) is 11.0 Å². The second kappa shape index (κ2) is 8.95. The van der Waals surface area contributed by atoms with Gasteiger partial charge in [0.2, 0.25) is 0 Å². The molecule has 0 saturated carbocycles. The van der Waals surface area contributed by atoms with E-state index in [0.29, 0.717) is 37.6 Å². The summed E-state index contributed by atoms with van der Waals surface area (Å²) in [6, 6.07) is 4.28. The average Bonchev–Trinajstić information content (AvgIpc) is 3.33. The molecule has 3 atom stereocenters. The lowest BCUT2D eigenvalue weighted by Crippen LogP contribution is -2.54. The number of rotatable bonds is 4. The number of benzene rings is 1. The zero-order chi connectivity index (χ0) is 23.8. The highest BCUT2D eigenvalue weighted by atomic mass is 19.1. The van der Waals surface area contributed by atoms with Crippen LogP contribution >= 0.6 is 0 Å². The van der Waals surface area contributed by atoms with Crippen LogP contribution in [0, 0.1) is 5.82 Å². The van der Waals surface area contributed by atoms with E-state index in [4.69, 9.17) is 19.7 Å². The second-order valence-electron chi connectivity index (χ2n) is 9.22. The van der Waals surface area contributed by atoms with E-state index in [9.17, 15) is 9.59 Å². The molecule has 0 bridgehead atoms. The van der Waals surface area contributed by atoms with Crippen molar-refractivity contribution in [3.63, 3.8) is 0 Å². The van der Waals surface area contributed by atoms with Gasteiger partial charge >= 0.3 is 12.2 Å². The number of hydrogen-bond acceptors (Lipinski definition) is 7. The summed E-state index contributed by atoms with van der Waals surface area (Å²) in [6.45, 7) is 7.28. The van der Waals surface area contributed by atoms with Gasteiger partial charge in [-0.15, -0.1) is 0 Å². The number of nitrogens with zero attached hydrogens (tertiary/aromatic N) is 6. The van der Waals surface area contributed by atoms with Gasteiger partial charge in [0.15, 0.2) is 0 Å². The topological polar surface area (TPSA) is 120 Å². The van der Waals surface area contributed by atoms with Crippen molar-refractivity contribution in [2.75, 3.05) is 49.1 Å². The minimum Gasteiger partial charge on any atom is -0.444 e. The van der Waals surface area contributed by atoms with Gasteiger partial charge in [-0.1, -0.05) is 5.11 Å². The first-order chi connectivity index (χ1) is 15.7. The summed E-state index contributed by atoms with van der Waals surface area (Å²) >= 11 is 0. The molecule has 3 unspecified atom stereocenters. The molecule has 0 aliphatic carbocycles. The van der Waals surface area contributed by atoms with Crippen LogP contribution in [0.1, 0.15) is 20.8 Å². The van der Waals surface area contributed by atoms with Gasteiger partial charge in [-0.05, 0) is 44.5 Å². The van der Waals surface area contributed by atoms with Crippen LogP contribution in [0.15, 0.2) is 23.3 Å². The van der Waals surface area contributed by atoms with Crippen LogP contribution in [0.2, 0.25) is 0 Å². The van der Waals surface area contributed by atoms with Crippen molar-refractivity contribution < 1.29 is 28.2 Å². The Kier molecular flexibility index (Phi) is 6.22. The number of carbonyl (C=O) groups excluding carboxylic acids is 2. The van der Waals surface area contributed by atoms with Crippen LogP contribution in [0.4, 0.5) is 25.4 Å². The molecule has 0 N–H and O–H groups in total. The van der Waals surface area contributed by atoms with Crippen LogP contribution in [0.25, 0.3) is 10.4 Å². The van der Waals surface area contributed by atoms with Crippen molar-refractivity contribution in [2.24, 2.45) is 5.11 Å². The maximum atomic E-state index is 15.1. The lowest BCUT2D eigenvalue weighted by Gasteiger charge is -2.37. The van der Waals surface area contributed by atoms with Gasteiger partial charge in [0.1, 0.15) is 17.5 Å². The smallest absolute Gasteiger partial charge is 0.414 e. The Bertz CT molecular complexity index is 978. The molecule has 11 nitrogen and oxygen atoms in total. The number of cyclic esters (lactones) is 1. The lowest BCUT2D eigenvalue weighted by molar-refractivity contribution is -0.0567. The highest BCUT2D eigenvalue weighted by Crippen LogP contribution is 2.33. The van der Waals surface area contributed by atoms with Crippen LogP contribution < -0.4 is 9.80 Å². The predicted octanol–water partition coefficient (Wildman–Crippen LogP) is 3.29. The molecule has 3 aliphatic rings. The normalized spacial score (nSPS) is 24.9. The maximum Gasteiger partial charge on any atom is 0.414 e. The van der Waals surface area contributed by atoms with Crippen LogP contribution in [0.5, 0.6) is 0 Å². The fraction of sp³-hybridized carbons (Fsp3) is 0.619. The molecule has 33 heavy (non-hydrogen) atoms. The SMILES string of the molecule is CC(C)(C)OC(=O)N1CCOC2CN(c3ccc(N4CC(CN=[N+]=[N-])OC4=O)cc3F)CC21. The van der Waals surface area contributed by atoms with Crippen molar-refractivity contribution in [3.8, 4) is 0 Å². The van der Waals surface area contributed by atoms with E-state index in [-0.39, 0.29) is 25.2 Å². The summed E-state index contributed by atoms with van der Waals surface area (Å²) in [7, 11) is 0. The zero-order valence-corrected chi connectivity index (χ0v) is 18.8. The van der Waals surface area contributed by atoms with Gasteiger partial charge in [-0.2, -0.15) is 0 Å². The zero-order valence-electron chi connectivity index (χ0n) is 18.8. The quantitative estimate of drug-likeness (QED) is 0.385. The Morgan fingerprint density at radius 3 is 2.82 bits per heavy atom. The molecule has 3 aliphatic heterocycles. The molecule has 0 aromatic heterocycles. The Morgan fingerprint density at radius 1 is 1.33 bits per heavy atom. The van der Waals surface area contributed by atoms with E-state index in [0.717, 1.165) is 0 Å². The Labute approximate surface area is 190 Å². The standard InChI is InChI=1S/C21H27FN6O5/c1-21(2,3)33-20(30)27-6-7-31-18-12-26(11-17(18)27)16-5-4-13(8-15(16)22)28-10-14(9-24-25-23)32-19(28)29/h4-5,8,14,17-18H,6-7,9-12H2,1-3H3. The monoisotopic (exact) mass is 462 g/mol. The van der Waals surface area contributed by atoms with Gasteiger partial charge < -0.3 is 19.1 Å². The molecule has 1 aromatic rings.